The van der Waals surface area contributed by atoms with Crippen molar-refractivity contribution < 1.29 is 27.1 Å². The Morgan fingerprint density at radius 3 is 2.74 bits per heavy atom. The molecule has 10 heteroatoms. The van der Waals surface area contributed by atoms with Gasteiger partial charge in [-0.3, -0.25) is 4.79 Å². The first-order chi connectivity index (χ1) is 14.6. The van der Waals surface area contributed by atoms with E-state index in [0.717, 1.165) is 39.6 Å². The van der Waals surface area contributed by atoms with Crippen LogP contribution in [0.25, 0.3) is 21.1 Å². The number of fused-ring (bicyclic) bond motifs is 2. The molecule has 2 aromatic carbocycles. The van der Waals surface area contributed by atoms with Crippen LogP contribution < -0.4 is 10.1 Å². The van der Waals surface area contributed by atoms with Crippen LogP contribution in [0.1, 0.15) is 26.6 Å². The predicted molar refractivity (Wildman–Crippen MR) is 110 cm³/mol. The van der Waals surface area contributed by atoms with E-state index < -0.39 is 12.3 Å². The van der Waals surface area contributed by atoms with Crippen molar-refractivity contribution in [2.45, 2.75) is 26.6 Å². The van der Waals surface area contributed by atoms with Crippen molar-refractivity contribution in [3.63, 3.8) is 0 Å². The number of amides is 1. The molecule has 1 amide bonds. The smallest absolute Gasteiger partial charge is 0.406 e. The Balaban J connectivity index is 1.47. The minimum Gasteiger partial charge on any atom is -0.406 e. The summed E-state index contributed by atoms with van der Waals surface area (Å²) in [6.45, 7) is 4.04. The number of nitrogens with one attached hydrogen (secondary N) is 2. The van der Waals surface area contributed by atoms with Crippen LogP contribution in [0.3, 0.4) is 0 Å². The number of aryl methyl sites for hydroxylation is 2. The molecule has 162 valence electrons. The zero-order valence-corrected chi connectivity index (χ0v) is 17.3. The lowest BCUT2D eigenvalue weighted by molar-refractivity contribution is -0.274. The van der Waals surface area contributed by atoms with Crippen LogP contribution in [0.2, 0.25) is 0 Å². The fraction of sp³-hybridized carbons (Fsp3) is 0.238. The van der Waals surface area contributed by atoms with Crippen LogP contribution in [-0.2, 0) is 6.42 Å². The first kappa shape index (κ1) is 21.1. The van der Waals surface area contributed by atoms with Crippen molar-refractivity contribution >= 4 is 38.4 Å². The van der Waals surface area contributed by atoms with E-state index in [2.05, 4.69) is 20.0 Å². The Kier molecular flexibility index (Phi) is 5.34. The van der Waals surface area contributed by atoms with E-state index in [1.165, 1.54) is 18.2 Å². The van der Waals surface area contributed by atoms with E-state index in [4.69, 9.17) is 0 Å². The molecular weight excluding hydrogens is 434 g/mol. The number of ether oxygens (including phenoxy) is 1. The summed E-state index contributed by atoms with van der Waals surface area (Å²) in [4.78, 5) is 19.7. The molecule has 2 aromatic heterocycles. The van der Waals surface area contributed by atoms with Crippen LogP contribution in [0, 0.1) is 19.7 Å². The zero-order chi connectivity index (χ0) is 22.3. The van der Waals surface area contributed by atoms with E-state index in [-0.39, 0.29) is 16.6 Å². The Morgan fingerprint density at radius 1 is 1.23 bits per heavy atom. The largest absolute Gasteiger partial charge is 0.573 e. The molecule has 0 unspecified atom stereocenters. The van der Waals surface area contributed by atoms with Gasteiger partial charge in [0.1, 0.15) is 11.6 Å². The number of carbonyl (C=O) groups is 1. The van der Waals surface area contributed by atoms with Crippen molar-refractivity contribution in [2.24, 2.45) is 0 Å². The maximum atomic E-state index is 14.1. The average Bonchev–Trinajstić information content (AvgIpc) is 3.25. The zero-order valence-electron chi connectivity index (χ0n) is 16.5. The van der Waals surface area contributed by atoms with Crippen molar-refractivity contribution in [1.82, 2.24) is 15.3 Å². The van der Waals surface area contributed by atoms with Gasteiger partial charge in [-0.15, -0.1) is 24.5 Å². The van der Waals surface area contributed by atoms with Crippen molar-refractivity contribution in [2.75, 3.05) is 6.54 Å². The number of aromatic nitrogens is 2. The number of benzene rings is 2. The Labute approximate surface area is 178 Å². The molecule has 2 heterocycles. The number of hydrogen-bond acceptors (Lipinski definition) is 4. The molecule has 0 radical (unpaired) electrons. The van der Waals surface area contributed by atoms with E-state index >= 15 is 0 Å². The molecule has 0 saturated carbocycles. The molecular formula is C21H17F4N3O2S. The van der Waals surface area contributed by atoms with E-state index in [1.54, 1.807) is 6.07 Å². The second-order valence-electron chi connectivity index (χ2n) is 7.05. The topological polar surface area (TPSA) is 67.0 Å². The Hall–Kier alpha value is -3.14. The fourth-order valence-corrected chi connectivity index (χ4v) is 4.44. The Morgan fingerprint density at radius 2 is 2.00 bits per heavy atom. The monoisotopic (exact) mass is 451 g/mol. The van der Waals surface area contributed by atoms with Crippen molar-refractivity contribution in [3.8, 4) is 5.75 Å². The second-order valence-corrected chi connectivity index (χ2v) is 8.08. The molecule has 4 rings (SSSR count). The van der Waals surface area contributed by atoms with Crippen LogP contribution in [0.15, 0.2) is 30.3 Å². The molecule has 31 heavy (non-hydrogen) atoms. The lowest BCUT2D eigenvalue weighted by atomic mass is 10.0. The predicted octanol–water partition coefficient (Wildman–Crippen LogP) is 5.40. The number of hydrogen-bond donors (Lipinski definition) is 2. The summed E-state index contributed by atoms with van der Waals surface area (Å²) in [6.07, 6.45) is -4.31. The highest BCUT2D eigenvalue weighted by atomic mass is 32.1. The molecule has 4 aromatic rings. The summed E-state index contributed by atoms with van der Waals surface area (Å²) in [5.74, 6) is -1.13. The highest BCUT2D eigenvalue weighted by Gasteiger charge is 2.31. The number of carbonyl (C=O) groups excluding carboxylic acids is 1. The van der Waals surface area contributed by atoms with Gasteiger partial charge in [-0.25, -0.2) is 9.37 Å². The van der Waals surface area contributed by atoms with Crippen LogP contribution in [0.5, 0.6) is 5.75 Å². The van der Waals surface area contributed by atoms with Gasteiger partial charge in [-0.1, -0.05) is 6.07 Å². The first-order valence-electron chi connectivity index (χ1n) is 9.33. The molecule has 0 aliphatic rings. The summed E-state index contributed by atoms with van der Waals surface area (Å²) in [5.41, 5.74) is 3.54. The number of thiazole rings is 1. The minimum absolute atomic E-state index is 0.136. The SMILES string of the molecule is Cc1[nH]c2c(F)ccc(C)c2c1CCNC(=O)c1nc2ccc(OC(F)(F)F)cc2s1. The molecule has 0 aliphatic heterocycles. The number of aromatic amines is 1. The molecule has 0 spiro atoms. The minimum atomic E-state index is -4.79. The highest BCUT2D eigenvalue weighted by Crippen LogP contribution is 2.30. The van der Waals surface area contributed by atoms with E-state index in [9.17, 15) is 22.4 Å². The third-order valence-corrected chi connectivity index (χ3v) is 5.89. The number of nitrogens with zero attached hydrogens (tertiary/aromatic N) is 1. The summed E-state index contributed by atoms with van der Waals surface area (Å²) in [5, 5.41) is 3.71. The van der Waals surface area contributed by atoms with Gasteiger partial charge in [0.2, 0.25) is 0 Å². The number of rotatable bonds is 5. The molecule has 0 atom stereocenters. The van der Waals surface area contributed by atoms with Gasteiger partial charge in [-0.2, -0.15) is 0 Å². The summed E-state index contributed by atoms with van der Waals surface area (Å²) >= 11 is 0.977. The normalized spacial score (nSPS) is 11.9. The summed E-state index contributed by atoms with van der Waals surface area (Å²) in [7, 11) is 0. The average molecular weight is 451 g/mol. The summed E-state index contributed by atoms with van der Waals surface area (Å²) < 4.78 is 55.5. The van der Waals surface area contributed by atoms with Gasteiger partial charge >= 0.3 is 6.36 Å². The third-order valence-electron chi connectivity index (χ3n) is 4.88. The number of halogens is 4. The van der Waals surface area contributed by atoms with Crippen LogP contribution in [-0.4, -0.2) is 28.8 Å². The highest BCUT2D eigenvalue weighted by molar-refractivity contribution is 7.20. The molecule has 5 nitrogen and oxygen atoms in total. The number of alkyl halides is 3. The quantitative estimate of drug-likeness (QED) is 0.399. The van der Waals surface area contributed by atoms with E-state index in [0.29, 0.717) is 28.7 Å². The van der Waals surface area contributed by atoms with Crippen LogP contribution >= 0.6 is 11.3 Å². The molecule has 0 fully saturated rings. The molecule has 0 bridgehead atoms. The lowest BCUT2D eigenvalue weighted by Gasteiger charge is -2.07. The van der Waals surface area contributed by atoms with E-state index in [1.807, 2.05) is 13.8 Å². The van der Waals surface area contributed by atoms with Gasteiger partial charge in [0.15, 0.2) is 5.01 Å². The number of H-pyrrole nitrogens is 1. The first-order valence-corrected chi connectivity index (χ1v) is 10.1. The van der Waals surface area contributed by atoms with Gasteiger partial charge < -0.3 is 15.0 Å². The summed E-state index contributed by atoms with van der Waals surface area (Å²) in [6, 6.07) is 6.85. The fourth-order valence-electron chi connectivity index (χ4n) is 3.53. The second kappa shape index (κ2) is 7.84. The standard InChI is InChI=1S/C21H17F4N3O2S/c1-10-3-5-14(22)18-17(10)13(11(2)27-18)7-8-26-19(29)20-28-15-6-4-12(9-16(15)31-20)30-21(23,24)25/h3-6,9,27H,7-8H2,1-2H3,(H,26,29). The molecule has 0 aliphatic carbocycles. The lowest BCUT2D eigenvalue weighted by Crippen LogP contribution is -2.25. The Bertz CT molecular complexity index is 1290. The van der Waals surface area contributed by atoms with Gasteiger partial charge in [0, 0.05) is 17.6 Å². The maximum Gasteiger partial charge on any atom is 0.573 e. The third kappa shape index (κ3) is 4.34. The van der Waals surface area contributed by atoms with Crippen LogP contribution in [0.4, 0.5) is 17.6 Å². The van der Waals surface area contributed by atoms with Gasteiger partial charge in [-0.05, 0) is 55.7 Å². The maximum absolute atomic E-state index is 14.1. The van der Waals surface area contributed by atoms with Gasteiger partial charge in [0.05, 0.1) is 15.7 Å². The van der Waals surface area contributed by atoms with Crippen molar-refractivity contribution in [3.05, 3.63) is 58.0 Å². The molecule has 0 saturated heterocycles. The molecule has 2 N–H and O–H groups in total. The van der Waals surface area contributed by atoms with Gasteiger partial charge in [0.25, 0.3) is 5.91 Å². The van der Waals surface area contributed by atoms with Crippen molar-refractivity contribution in [1.29, 1.82) is 0 Å².